The number of hydrogen-bond donors (Lipinski definition) is 1. The summed E-state index contributed by atoms with van der Waals surface area (Å²) in [5.41, 5.74) is 0. The van der Waals surface area contributed by atoms with Crippen molar-refractivity contribution in [2.24, 2.45) is 0 Å². The lowest BCUT2D eigenvalue weighted by atomic mass is 10.4. The summed E-state index contributed by atoms with van der Waals surface area (Å²) in [7, 11) is 0. The van der Waals surface area contributed by atoms with Gasteiger partial charge in [0.15, 0.2) is 0 Å². The van der Waals surface area contributed by atoms with Crippen LogP contribution < -0.4 is 5.32 Å². The topological polar surface area (TPSA) is 32.3 Å². The van der Waals surface area contributed by atoms with Crippen molar-refractivity contribution in [1.82, 2.24) is 10.2 Å². The smallest absolute Gasteiger partial charge is 0.236 e. The average Bonchev–Trinajstić information content (AvgIpc) is 2.19. The lowest BCUT2D eigenvalue weighted by molar-refractivity contribution is -0.129. The van der Waals surface area contributed by atoms with Crippen LogP contribution in [0, 0.1) is 11.8 Å². The van der Waals surface area contributed by atoms with Gasteiger partial charge in [-0.25, -0.2) is 0 Å². The van der Waals surface area contributed by atoms with E-state index in [1.807, 2.05) is 25.7 Å². The molecule has 80 valence electrons. The van der Waals surface area contributed by atoms with Crippen LogP contribution in [0.1, 0.15) is 27.2 Å². The zero-order chi connectivity index (χ0) is 10.8. The fourth-order valence-electron chi connectivity index (χ4n) is 1.16. The van der Waals surface area contributed by atoms with E-state index in [1.165, 1.54) is 0 Å². The molecule has 0 aliphatic rings. The summed E-state index contributed by atoms with van der Waals surface area (Å²) in [6.45, 7) is 8.58. The first-order valence-corrected chi connectivity index (χ1v) is 5.14. The van der Waals surface area contributed by atoms with Crippen LogP contribution in [0.15, 0.2) is 0 Å². The second-order valence-corrected chi connectivity index (χ2v) is 2.92. The Kier molecular flexibility index (Phi) is 7.96. The Morgan fingerprint density at radius 1 is 1.36 bits per heavy atom. The molecule has 0 aromatic heterocycles. The maximum Gasteiger partial charge on any atom is 0.236 e. The van der Waals surface area contributed by atoms with Crippen molar-refractivity contribution < 1.29 is 4.79 Å². The predicted octanol–water partition coefficient (Wildman–Crippen LogP) is 0.858. The van der Waals surface area contributed by atoms with Gasteiger partial charge in [0.2, 0.25) is 5.91 Å². The molecule has 0 rings (SSSR count). The number of hydrogen-bond acceptors (Lipinski definition) is 2. The number of carbonyl (C=O) groups is 1. The Morgan fingerprint density at radius 2 is 2.00 bits per heavy atom. The van der Waals surface area contributed by atoms with Crippen LogP contribution in [0.5, 0.6) is 0 Å². The van der Waals surface area contributed by atoms with Gasteiger partial charge in [-0.2, -0.15) is 0 Å². The van der Waals surface area contributed by atoms with E-state index in [9.17, 15) is 4.79 Å². The van der Waals surface area contributed by atoms with Crippen molar-refractivity contribution in [3.63, 3.8) is 0 Å². The molecule has 0 aromatic rings. The third-order valence-electron chi connectivity index (χ3n) is 2.00. The molecular weight excluding hydrogens is 176 g/mol. The standard InChI is InChI=1S/C11H20N2O/c1-4-7-8-9-12-10-11(14)13(5-2)6-3/h12H,5-6,8-10H2,1-3H3. The van der Waals surface area contributed by atoms with E-state index < -0.39 is 0 Å². The van der Waals surface area contributed by atoms with Crippen LogP contribution in [-0.4, -0.2) is 37.0 Å². The number of likely N-dealkylation sites (N-methyl/N-ethyl adjacent to an activating group) is 1. The maximum atomic E-state index is 11.5. The van der Waals surface area contributed by atoms with Crippen LogP contribution in [0.3, 0.4) is 0 Å². The van der Waals surface area contributed by atoms with E-state index in [0.717, 1.165) is 26.1 Å². The van der Waals surface area contributed by atoms with Crippen molar-refractivity contribution in [2.75, 3.05) is 26.2 Å². The van der Waals surface area contributed by atoms with Crippen LogP contribution in [-0.2, 0) is 4.79 Å². The number of nitrogens with zero attached hydrogens (tertiary/aromatic N) is 1. The second-order valence-electron chi connectivity index (χ2n) is 2.92. The van der Waals surface area contributed by atoms with Crippen LogP contribution in [0.4, 0.5) is 0 Å². The van der Waals surface area contributed by atoms with Gasteiger partial charge in [0.1, 0.15) is 0 Å². The second kappa shape index (κ2) is 8.58. The lowest BCUT2D eigenvalue weighted by Gasteiger charge is -2.18. The molecule has 3 nitrogen and oxygen atoms in total. The quantitative estimate of drug-likeness (QED) is 0.505. The van der Waals surface area contributed by atoms with Crippen molar-refractivity contribution in [2.45, 2.75) is 27.2 Å². The van der Waals surface area contributed by atoms with E-state index in [-0.39, 0.29) is 5.91 Å². The molecule has 1 amide bonds. The monoisotopic (exact) mass is 196 g/mol. The van der Waals surface area contributed by atoms with Crippen molar-refractivity contribution in [3.8, 4) is 11.8 Å². The summed E-state index contributed by atoms with van der Waals surface area (Å²) in [5, 5.41) is 3.08. The predicted molar refractivity (Wildman–Crippen MR) is 58.9 cm³/mol. The molecule has 0 aromatic carbocycles. The maximum absolute atomic E-state index is 11.5. The summed E-state index contributed by atoms with van der Waals surface area (Å²) in [6, 6.07) is 0. The first-order valence-electron chi connectivity index (χ1n) is 5.14. The van der Waals surface area contributed by atoms with Crippen LogP contribution in [0.2, 0.25) is 0 Å². The molecule has 0 bridgehead atoms. The van der Waals surface area contributed by atoms with Gasteiger partial charge in [0.05, 0.1) is 6.54 Å². The minimum absolute atomic E-state index is 0.166. The van der Waals surface area contributed by atoms with Crippen molar-refractivity contribution in [3.05, 3.63) is 0 Å². The third kappa shape index (κ3) is 5.60. The van der Waals surface area contributed by atoms with E-state index in [0.29, 0.717) is 6.54 Å². The summed E-state index contributed by atoms with van der Waals surface area (Å²) in [4.78, 5) is 13.3. The minimum Gasteiger partial charge on any atom is -0.342 e. The molecule has 1 N–H and O–H groups in total. The van der Waals surface area contributed by atoms with E-state index >= 15 is 0 Å². The molecule has 0 aliphatic carbocycles. The van der Waals surface area contributed by atoms with Crippen molar-refractivity contribution >= 4 is 5.91 Å². The molecule has 0 saturated carbocycles. The summed E-state index contributed by atoms with van der Waals surface area (Å²) in [5.74, 6) is 5.92. The summed E-state index contributed by atoms with van der Waals surface area (Å²) >= 11 is 0. The highest BCUT2D eigenvalue weighted by Crippen LogP contribution is 1.87. The highest BCUT2D eigenvalue weighted by molar-refractivity contribution is 5.78. The Balaban J connectivity index is 3.55. The molecule has 14 heavy (non-hydrogen) atoms. The highest BCUT2D eigenvalue weighted by Gasteiger charge is 2.07. The molecule has 0 spiro atoms. The molecule has 0 unspecified atom stereocenters. The van der Waals surface area contributed by atoms with E-state index in [4.69, 9.17) is 0 Å². The van der Waals surface area contributed by atoms with E-state index in [2.05, 4.69) is 17.2 Å². The van der Waals surface area contributed by atoms with Crippen LogP contribution >= 0.6 is 0 Å². The molecular formula is C11H20N2O. The first-order chi connectivity index (χ1) is 6.76. The fraction of sp³-hybridized carbons (Fsp3) is 0.727. The Morgan fingerprint density at radius 3 is 2.50 bits per heavy atom. The van der Waals surface area contributed by atoms with Gasteiger partial charge in [0, 0.05) is 26.1 Å². The SMILES string of the molecule is CC#CCCNCC(=O)N(CC)CC. The van der Waals surface area contributed by atoms with Gasteiger partial charge in [0.25, 0.3) is 0 Å². The van der Waals surface area contributed by atoms with Gasteiger partial charge in [-0.3, -0.25) is 4.79 Å². The highest BCUT2D eigenvalue weighted by atomic mass is 16.2. The van der Waals surface area contributed by atoms with Gasteiger partial charge in [-0.1, -0.05) is 0 Å². The zero-order valence-corrected chi connectivity index (χ0v) is 9.39. The van der Waals surface area contributed by atoms with Gasteiger partial charge in [-0.15, -0.1) is 11.8 Å². The van der Waals surface area contributed by atoms with Crippen LogP contribution in [0.25, 0.3) is 0 Å². The number of rotatable bonds is 6. The lowest BCUT2D eigenvalue weighted by Crippen LogP contribution is -2.38. The third-order valence-corrected chi connectivity index (χ3v) is 2.00. The number of carbonyl (C=O) groups excluding carboxylic acids is 1. The molecule has 0 heterocycles. The number of nitrogens with one attached hydrogen (secondary N) is 1. The van der Waals surface area contributed by atoms with E-state index in [1.54, 1.807) is 0 Å². The van der Waals surface area contributed by atoms with Gasteiger partial charge >= 0.3 is 0 Å². The zero-order valence-electron chi connectivity index (χ0n) is 9.39. The first kappa shape index (κ1) is 13.0. The van der Waals surface area contributed by atoms with Gasteiger partial charge < -0.3 is 10.2 Å². The Hall–Kier alpha value is -1.01. The molecule has 0 fully saturated rings. The van der Waals surface area contributed by atoms with Crippen molar-refractivity contribution in [1.29, 1.82) is 0 Å². The minimum atomic E-state index is 0.166. The molecule has 3 heteroatoms. The summed E-state index contributed by atoms with van der Waals surface area (Å²) in [6.07, 6.45) is 0.808. The fourth-order valence-corrected chi connectivity index (χ4v) is 1.16. The largest absolute Gasteiger partial charge is 0.342 e. The molecule has 0 atom stereocenters. The van der Waals surface area contributed by atoms with Gasteiger partial charge in [-0.05, 0) is 20.8 Å². The summed E-state index contributed by atoms with van der Waals surface area (Å²) < 4.78 is 0. The average molecular weight is 196 g/mol. The molecule has 0 saturated heterocycles. The Bertz CT molecular complexity index is 211. The molecule has 0 aliphatic heterocycles. The normalized spacial score (nSPS) is 9.07. The molecule has 0 radical (unpaired) electrons. The Labute approximate surface area is 86.9 Å². The number of amides is 1.